The molecule has 0 saturated carbocycles. The molecule has 1 aromatic heterocycles. The minimum atomic E-state index is -3.48. The van der Waals surface area contributed by atoms with Crippen LogP contribution in [0.5, 0.6) is 0 Å². The zero-order valence-corrected chi connectivity index (χ0v) is 13.5. The average molecular weight is 303 g/mol. The predicted molar refractivity (Wildman–Crippen MR) is 79.1 cm³/mol. The Labute approximate surface area is 121 Å². The van der Waals surface area contributed by atoms with Gasteiger partial charge in [-0.05, 0) is 25.2 Å². The van der Waals surface area contributed by atoms with E-state index in [4.69, 9.17) is 4.42 Å². The molecule has 0 fully saturated rings. The molecule has 0 spiro atoms. The smallest absolute Gasteiger partial charge is 0.275 e. The van der Waals surface area contributed by atoms with Crippen LogP contribution in [0.2, 0.25) is 0 Å². The van der Waals surface area contributed by atoms with Gasteiger partial charge in [-0.25, -0.2) is 12.7 Å². The molecule has 0 aliphatic rings. The van der Waals surface area contributed by atoms with E-state index in [0.717, 1.165) is 30.5 Å². The molecule has 1 aromatic rings. The van der Waals surface area contributed by atoms with Gasteiger partial charge in [0.15, 0.2) is 0 Å². The molecule has 116 valence electrons. The van der Waals surface area contributed by atoms with Crippen molar-refractivity contribution in [2.24, 2.45) is 0 Å². The molecule has 0 radical (unpaired) electrons. The summed E-state index contributed by atoms with van der Waals surface area (Å²) in [4.78, 5) is 2.32. The lowest BCUT2D eigenvalue weighted by Gasteiger charge is -2.17. The highest BCUT2D eigenvalue weighted by atomic mass is 32.2. The summed E-state index contributed by atoms with van der Waals surface area (Å²) in [6.07, 6.45) is 0. The Morgan fingerprint density at radius 1 is 1.20 bits per heavy atom. The maximum atomic E-state index is 11.8. The van der Waals surface area contributed by atoms with Crippen LogP contribution in [0.15, 0.2) is 21.6 Å². The summed E-state index contributed by atoms with van der Waals surface area (Å²) in [5, 5.41) is 3.24. The van der Waals surface area contributed by atoms with Gasteiger partial charge in [-0.1, -0.05) is 13.8 Å². The highest BCUT2D eigenvalue weighted by molar-refractivity contribution is 7.88. The van der Waals surface area contributed by atoms with Crippen LogP contribution in [-0.2, 0) is 16.6 Å². The summed E-state index contributed by atoms with van der Waals surface area (Å²) >= 11 is 0. The Kier molecular flexibility index (Phi) is 6.67. The van der Waals surface area contributed by atoms with E-state index in [1.54, 1.807) is 6.07 Å². The van der Waals surface area contributed by atoms with Crippen molar-refractivity contribution in [2.75, 3.05) is 40.3 Å². The maximum absolute atomic E-state index is 11.8. The van der Waals surface area contributed by atoms with Crippen molar-refractivity contribution >= 4 is 10.0 Å². The van der Waals surface area contributed by atoms with E-state index in [2.05, 4.69) is 24.1 Å². The van der Waals surface area contributed by atoms with Gasteiger partial charge in [0, 0.05) is 27.2 Å². The van der Waals surface area contributed by atoms with Crippen molar-refractivity contribution in [3.8, 4) is 0 Å². The third kappa shape index (κ3) is 4.59. The molecule has 0 unspecified atom stereocenters. The molecule has 0 aliphatic heterocycles. The van der Waals surface area contributed by atoms with Gasteiger partial charge in [0.2, 0.25) is 5.09 Å². The van der Waals surface area contributed by atoms with Crippen LogP contribution >= 0.6 is 0 Å². The first kappa shape index (κ1) is 17.2. The average Bonchev–Trinajstić information content (AvgIpc) is 2.88. The minimum absolute atomic E-state index is 0.0111. The van der Waals surface area contributed by atoms with Crippen LogP contribution < -0.4 is 5.32 Å². The Morgan fingerprint density at radius 3 is 2.40 bits per heavy atom. The minimum Gasteiger partial charge on any atom is -0.447 e. The first-order valence-corrected chi connectivity index (χ1v) is 8.30. The normalized spacial score (nSPS) is 12.5. The van der Waals surface area contributed by atoms with Gasteiger partial charge in [0.05, 0.1) is 6.54 Å². The van der Waals surface area contributed by atoms with Gasteiger partial charge in [-0.15, -0.1) is 0 Å². The highest BCUT2D eigenvalue weighted by Crippen LogP contribution is 2.16. The SMILES string of the molecule is CCN(CC)CCNCc1ccc(S(=O)(=O)N(C)C)o1. The predicted octanol–water partition coefficient (Wildman–Crippen LogP) is 0.961. The van der Waals surface area contributed by atoms with Gasteiger partial charge >= 0.3 is 0 Å². The summed E-state index contributed by atoms with van der Waals surface area (Å²) in [6, 6.07) is 3.19. The van der Waals surface area contributed by atoms with Crippen molar-refractivity contribution in [2.45, 2.75) is 25.5 Å². The fourth-order valence-corrected chi connectivity index (χ4v) is 2.57. The molecule has 0 aliphatic carbocycles. The highest BCUT2D eigenvalue weighted by Gasteiger charge is 2.21. The van der Waals surface area contributed by atoms with E-state index in [0.29, 0.717) is 12.3 Å². The monoisotopic (exact) mass is 303 g/mol. The van der Waals surface area contributed by atoms with Crippen LogP contribution in [0.1, 0.15) is 19.6 Å². The summed E-state index contributed by atoms with van der Waals surface area (Å²) in [5.74, 6) is 0.630. The molecule has 0 bridgehead atoms. The van der Waals surface area contributed by atoms with Crippen molar-refractivity contribution in [1.82, 2.24) is 14.5 Å². The van der Waals surface area contributed by atoms with Crippen molar-refractivity contribution in [3.63, 3.8) is 0 Å². The molecule has 0 saturated heterocycles. The van der Waals surface area contributed by atoms with Crippen LogP contribution in [0, 0.1) is 0 Å². The zero-order valence-electron chi connectivity index (χ0n) is 12.7. The molecule has 0 atom stereocenters. The van der Waals surface area contributed by atoms with Gasteiger partial charge in [-0.2, -0.15) is 0 Å². The summed E-state index contributed by atoms with van der Waals surface area (Å²) in [5.41, 5.74) is 0. The van der Waals surface area contributed by atoms with Crippen LogP contribution in [0.4, 0.5) is 0 Å². The fraction of sp³-hybridized carbons (Fsp3) is 0.692. The number of furan rings is 1. The number of sulfonamides is 1. The van der Waals surface area contributed by atoms with Crippen LogP contribution in [0.25, 0.3) is 0 Å². The second-order valence-electron chi connectivity index (χ2n) is 4.71. The molecule has 7 heteroatoms. The quantitative estimate of drug-likeness (QED) is 0.688. The molecule has 20 heavy (non-hydrogen) atoms. The topological polar surface area (TPSA) is 65.8 Å². The second-order valence-corrected chi connectivity index (χ2v) is 6.79. The van der Waals surface area contributed by atoms with Crippen molar-refractivity contribution < 1.29 is 12.8 Å². The summed E-state index contributed by atoms with van der Waals surface area (Å²) in [6.45, 7) is 8.68. The lowest BCUT2D eigenvalue weighted by Crippen LogP contribution is -2.31. The standard InChI is InChI=1S/C13H25N3O3S/c1-5-16(6-2)10-9-14-11-12-7-8-13(19-12)20(17,18)15(3)4/h7-8,14H,5-6,9-11H2,1-4H3. The Hall–Kier alpha value is -0.890. The molecular weight excluding hydrogens is 278 g/mol. The molecule has 0 aromatic carbocycles. The van der Waals surface area contributed by atoms with Crippen LogP contribution in [0.3, 0.4) is 0 Å². The van der Waals surface area contributed by atoms with Gasteiger partial charge in [0.25, 0.3) is 10.0 Å². The van der Waals surface area contributed by atoms with Gasteiger partial charge in [0.1, 0.15) is 5.76 Å². The molecular formula is C13H25N3O3S. The van der Waals surface area contributed by atoms with E-state index in [-0.39, 0.29) is 5.09 Å². The zero-order chi connectivity index (χ0) is 15.2. The van der Waals surface area contributed by atoms with E-state index in [1.807, 2.05) is 0 Å². The lowest BCUT2D eigenvalue weighted by molar-refractivity contribution is 0.299. The van der Waals surface area contributed by atoms with E-state index in [9.17, 15) is 8.42 Å². The Balaban J connectivity index is 2.46. The second kappa shape index (κ2) is 7.78. The number of hydrogen-bond donors (Lipinski definition) is 1. The third-order valence-electron chi connectivity index (χ3n) is 3.17. The molecule has 0 amide bonds. The van der Waals surface area contributed by atoms with Gasteiger partial charge in [-0.3, -0.25) is 0 Å². The lowest BCUT2D eigenvalue weighted by atomic mass is 10.4. The maximum Gasteiger partial charge on any atom is 0.275 e. The summed E-state index contributed by atoms with van der Waals surface area (Å²) in [7, 11) is -0.505. The number of nitrogens with one attached hydrogen (secondary N) is 1. The first-order chi connectivity index (χ1) is 9.41. The largest absolute Gasteiger partial charge is 0.447 e. The first-order valence-electron chi connectivity index (χ1n) is 6.86. The molecule has 6 nitrogen and oxygen atoms in total. The molecule has 1 N–H and O–H groups in total. The van der Waals surface area contributed by atoms with Gasteiger partial charge < -0.3 is 14.6 Å². The molecule has 1 heterocycles. The number of hydrogen-bond acceptors (Lipinski definition) is 5. The number of nitrogens with zero attached hydrogens (tertiary/aromatic N) is 2. The van der Waals surface area contributed by atoms with Crippen molar-refractivity contribution in [3.05, 3.63) is 17.9 Å². The number of likely N-dealkylation sites (N-methyl/N-ethyl adjacent to an activating group) is 1. The third-order valence-corrected chi connectivity index (χ3v) is 4.86. The summed E-state index contributed by atoms with van der Waals surface area (Å²) < 4.78 is 30.2. The van der Waals surface area contributed by atoms with Crippen LogP contribution in [-0.4, -0.2) is 57.9 Å². The van der Waals surface area contributed by atoms with E-state index >= 15 is 0 Å². The Bertz CT molecular complexity index is 493. The van der Waals surface area contributed by atoms with Crippen molar-refractivity contribution in [1.29, 1.82) is 0 Å². The van der Waals surface area contributed by atoms with E-state index < -0.39 is 10.0 Å². The Morgan fingerprint density at radius 2 is 1.85 bits per heavy atom. The molecule has 1 rings (SSSR count). The van der Waals surface area contributed by atoms with E-state index in [1.165, 1.54) is 20.2 Å². The fourth-order valence-electron chi connectivity index (χ4n) is 1.76. The number of rotatable bonds is 9.